The number of aromatic nitrogens is 1. The molecular formula is C22H26N4O3. The minimum atomic E-state index is -0.0247. The Hall–Kier alpha value is -2.64. The van der Waals surface area contributed by atoms with E-state index in [1.165, 1.54) is 6.42 Å². The predicted molar refractivity (Wildman–Crippen MR) is 110 cm³/mol. The van der Waals surface area contributed by atoms with Gasteiger partial charge in [-0.3, -0.25) is 4.79 Å². The van der Waals surface area contributed by atoms with Gasteiger partial charge in [0.1, 0.15) is 5.75 Å². The van der Waals surface area contributed by atoms with Gasteiger partial charge < -0.3 is 25.0 Å². The molecule has 3 saturated heterocycles. The molecule has 3 fully saturated rings. The summed E-state index contributed by atoms with van der Waals surface area (Å²) in [6, 6.07) is 12.4. The lowest BCUT2D eigenvalue weighted by Gasteiger charge is -2.28. The zero-order valence-corrected chi connectivity index (χ0v) is 16.3. The number of anilines is 1. The zero-order valence-electron chi connectivity index (χ0n) is 16.3. The van der Waals surface area contributed by atoms with E-state index in [2.05, 4.69) is 20.5 Å². The lowest BCUT2D eigenvalue weighted by Crippen LogP contribution is -2.42. The first-order valence-corrected chi connectivity index (χ1v) is 10.4. The molecule has 3 atom stereocenters. The monoisotopic (exact) mass is 394 g/mol. The van der Waals surface area contributed by atoms with Crippen LogP contribution < -0.4 is 20.3 Å². The topological polar surface area (TPSA) is 75.7 Å². The van der Waals surface area contributed by atoms with E-state index in [0.29, 0.717) is 29.3 Å². The summed E-state index contributed by atoms with van der Waals surface area (Å²) >= 11 is 0. The molecule has 0 aliphatic carbocycles. The van der Waals surface area contributed by atoms with Gasteiger partial charge in [0.05, 0.1) is 13.2 Å². The maximum atomic E-state index is 12.6. The van der Waals surface area contributed by atoms with Crippen LogP contribution in [0.2, 0.25) is 0 Å². The second kappa shape index (κ2) is 8.00. The minimum Gasteiger partial charge on any atom is -0.439 e. The van der Waals surface area contributed by atoms with Crippen LogP contribution in [0.1, 0.15) is 29.6 Å². The largest absolute Gasteiger partial charge is 0.439 e. The van der Waals surface area contributed by atoms with Crippen molar-refractivity contribution in [1.82, 2.24) is 15.6 Å². The minimum absolute atomic E-state index is 0.0247. The summed E-state index contributed by atoms with van der Waals surface area (Å²) in [6.45, 7) is 3.21. The summed E-state index contributed by atoms with van der Waals surface area (Å²) < 4.78 is 11.3. The number of hydrogen-bond acceptors (Lipinski definition) is 6. The molecule has 5 rings (SSSR count). The molecular weight excluding hydrogens is 368 g/mol. The number of fused-ring (bicyclic) bond motifs is 2. The third-order valence-corrected chi connectivity index (χ3v) is 6.05. The molecule has 0 radical (unpaired) electrons. The third-order valence-electron chi connectivity index (χ3n) is 6.05. The fourth-order valence-corrected chi connectivity index (χ4v) is 4.50. The zero-order chi connectivity index (χ0) is 19.6. The van der Waals surface area contributed by atoms with E-state index in [9.17, 15) is 4.79 Å². The van der Waals surface area contributed by atoms with Crippen molar-refractivity contribution in [3.8, 4) is 11.6 Å². The Morgan fingerprint density at radius 3 is 2.72 bits per heavy atom. The Kier molecular flexibility index (Phi) is 5.08. The highest BCUT2D eigenvalue weighted by Gasteiger charge is 2.39. The van der Waals surface area contributed by atoms with Crippen LogP contribution in [0.3, 0.4) is 0 Å². The van der Waals surface area contributed by atoms with Gasteiger partial charge in [-0.1, -0.05) is 0 Å². The molecule has 7 nitrogen and oxygen atoms in total. The number of rotatable bonds is 5. The molecule has 29 heavy (non-hydrogen) atoms. The van der Waals surface area contributed by atoms with Crippen LogP contribution in [0.25, 0.3) is 0 Å². The fourth-order valence-electron chi connectivity index (χ4n) is 4.50. The average molecular weight is 394 g/mol. The summed E-state index contributed by atoms with van der Waals surface area (Å²) in [7, 11) is 0. The highest BCUT2D eigenvalue weighted by atomic mass is 16.5. The number of ether oxygens (including phenoxy) is 2. The predicted octanol–water partition coefficient (Wildman–Crippen LogP) is 2.33. The lowest BCUT2D eigenvalue weighted by atomic mass is 9.95. The summed E-state index contributed by atoms with van der Waals surface area (Å²) in [5.74, 6) is 1.18. The molecule has 0 saturated carbocycles. The first-order chi connectivity index (χ1) is 14.2. The Morgan fingerprint density at radius 1 is 1.17 bits per heavy atom. The number of pyridine rings is 1. The molecule has 3 unspecified atom stereocenters. The molecule has 4 heterocycles. The molecule has 3 aliphatic heterocycles. The summed E-state index contributed by atoms with van der Waals surface area (Å²) in [4.78, 5) is 19.1. The fraction of sp³-hybridized carbons (Fsp3) is 0.455. The first kappa shape index (κ1) is 18.4. The Labute approximate surface area is 170 Å². The van der Waals surface area contributed by atoms with Crippen molar-refractivity contribution in [3.05, 3.63) is 48.2 Å². The van der Waals surface area contributed by atoms with Gasteiger partial charge in [-0.2, -0.15) is 0 Å². The molecule has 2 bridgehead atoms. The Bertz CT molecular complexity index is 867. The van der Waals surface area contributed by atoms with Gasteiger partial charge in [0.25, 0.3) is 5.91 Å². The summed E-state index contributed by atoms with van der Waals surface area (Å²) in [6.07, 6.45) is 5.16. The van der Waals surface area contributed by atoms with Crippen LogP contribution in [0.4, 0.5) is 5.69 Å². The van der Waals surface area contributed by atoms with E-state index in [4.69, 9.17) is 9.47 Å². The van der Waals surface area contributed by atoms with Crippen molar-refractivity contribution in [2.75, 3.05) is 31.2 Å². The van der Waals surface area contributed by atoms with Crippen molar-refractivity contribution < 1.29 is 14.3 Å². The standard InChI is InChI=1S/C22H26N4O3/c27-22(25-20-13-16-3-6-19(20)24-16)15-1-4-18(5-2-15)29-21-14-17(7-8-23-21)26-9-11-28-12-10-26/h1-2,4-5,7-8,14,16,19-20,24H,3,6,9-13H2,(H,25,27). The van der Waals surface area contributed by atoms with Crippen molar-refractivity contribution in [3.63, 3.8) is 0 Å². The van der Waals surface area contributed by atoms with Gasteiger partial charge in [-0.05, 0) is 49.6 Å². The quantitative estimate of drug-likeness (QED) is 0.811. The van der Waals surface area contributed by atoms with Crippen LogP contribution >= 0.6 is 0 Å². The smallest absolute Gasteiger partial charge is 0.251 e. The SMILES string of the molecule is O=C(NC1CC2CCC1N2)c1ccc(Oc2cc(N3CCOCC3)ccn2)cc1. The van der Waals surface area contributed by atoms with Crippen molar-refractivity contribution in [1.29, 1.82) is 0 Å². The van der Waals surface area contributed by atoms with Gasteiger partial charge in [0.2, 0.25) is 5.88 Å². The van der Waals surface area contributed by atoms with Crippen LogP contribution in [0.15, 0.2) is 42.6 Å². The van der Waals surface area contributed by atoms with Gasteiger partial charge in [0.15, 0.2) is 0 Å². The second-order valence-corrected chi connectivity index (χ2v) is 7.94. The Morgan fingerprint density at radius 2 is 2.00 bits per heavy atom. The second-order valence-electron chi connectivity index (χ2n) is 7.94. The average Bonchev–Trinajstić information content (AvgIpc) is 3.38. The van der Waals surface area contributed by atoms with E-state index in [1.54, 1.807) is 18.3 Å². The van der Waals surface area contributed by atoms with E-state index < -0.39 is 0 Å². The van der Waals surface area contributed by atoms with Crippen molar-refractivity contribution >= 4 is 11.6 Å². The van der Waals surface area contributed by atoms with Crippen molar-refractivity contribution in [2.24, 2.45) is 0 Å². The molecule has 3 aliphatic rings. The molecule has 1 aromatic carbocycles. The van der Waals surface area contributed by atoms with Gasteiger partial charge in [-0.25, -0.2) is 4.98 Å². The first-order valence-electron chi connectivity index (χ1n) is 10.4. The van der Waals surface area contributed by atoms with E-state index in [-0.39, 0.29) is 11.9 Å². The van der Waals surface area contributed by atoms with Gasteiger partial charge >= 0.3 is 0 Å². The number of benzene rings is 1. The normalized spacial score (nSPS) is 25.8. The lowest BCUT2D eigenvalue weighted by molar-refractivity contribution is 0.0931. The number of nitrogens with zero attached hydrogens (tertiary/aromatic N) is 2. The maximum absolute atomic E-state index is 12.6. The number of carbonyl (C=O) groups is 1. The molecule has 1 amide bonds. The number of amides is 1. The molecule has 152 valence electrons. The highest BCUT2D eigenvalue weighted by Crippen LogP contribution is 2.29. The number of nitrogens with one attached hydrogen (secondary N) is 2. The van der Waals surface area contributed by atoms with E-state index in [1.807, 2.05) is 24.3 Å². The van der Waals surface area contributed by atoms with E-state index in [0.717, 1.165) is 44.8 Å². The van der Waals surface area contributed by atoms with E-state index >= 15 is 0 Å². The van der Waals surface area contributed by atoms with Crippen LogP contribution in [0, 0.1) is 0 Å². The Balaban J connectivity index is 1.21. The highest BCUT2D eigenvalue weighted by molar-refractivity contribution is 5.94. The number of hydrogen-bond donors (Lipinski definition) is 2. The van der Waals surface area contributed by atoms with Crippen LogP contribution in [0.5, 0.6) is 11.6 Å². The molecule has 2 aromatic rings. The molecule has 7 heteroatoms. The van der Waals surface area contributed by atoms with Crippen molar-refractivity contribution in [2.45, 2.75) is 37.4 Å². The third kappa shape index (κ3) is 4.06. The maximum Gasteiger partial charge on any atom is 0.251 e. The molecule has 1 aromatic heterocycles. The summed E-state index contributed by atoms with van der Waals surface area (Å²) in [5, 5.41) is 6.72. The van der Waals surface area contributed by atoms with Gasteiger partial charge in [0, 0.05) is 54.7 Å². The number of morpholine rings is 1. The number of carbonyl (C=O) groups excluding carboxylic acids is 1. The van der Waals surface area contributed by atoms with Crippen LogP contribution in [-0.4, -0.2) is 55.3 Å². The van der Waals surface area contributed by atoms with Crippen LogP contribution in [-0.2, 0) is 4.74 Å². The van der Waals surface area contributed by atoms with Gasteiger partial charge in [-0.15, -0.1) is 0 Å². The summed E-state index contributed by atoms with van der Waals surface area (Å²) in [5.41, 5.74) is 1.73. The molecule has 2 N–H and O–H groups in total. The molecule has 0 spiro atoms.